The van der Waals surface area contributed by atoms with Crippen LogP contribution in [-0.2, 0) is 9.47 Å². The van der Waals surface area contributed by atoms with Gasteiger partial charge in [0.1, 0.15) is 0 Å². The summed E-state index contributed by atoms with van der Waals surface area (Å²) in [7, 11) is 0. The van der Waals surface area contributed by atoms with Crippen molar-refractivity contribution in [3.8, 4) is 0 Å². The molecule has 128 valence electrons. The van der Waals surface area contributed by atoms with E-state index in [-0.39, 0.29) is 11.5 Å². The zero-order valence-electron chi connectivity index (χ0n) is 14.6. The molecule has 3 nitrogen and oxygen atoms in total. The van der Waals surface area contributed by atoms with Crippen LogP contribution in [0.2, 0.25) is 0 Å². The summed E-state index contributed by atoms with van der Waals surface area (Å²) in [5.41, 5.74) is 2.93. The van der Waals surface area contributed by atoms with Gasteiger partial charge in [0.05, 0.1) is 18.3 Å². The maximum Gasteiger partial charge on any atom is 0.161 e. The molecule has 2 aliphatic heterocycles. The third kappa shape index (κ3) is 2.81. The maximum absolute atomic E-state index is 10.4. The summed E-state index contributed by atoms with van der Waals surface area (Å²) in [4.78, 5) is 0. The van der Waals surface area contributed by atoms with Gasteiger partial charge in [0.2, 0.25) is 0 Å². The van der Waals surface area contributed by atoms with Crippen molar-refractivity contribution < 1.29 is 14.6 Å². The fourth-order valence-corrected chi connectivity index (χ4v) is 5.31. The van der Waals surface area contributed by atoms with E-state index in [1.165, 1.54) is 30.4 Å². The highest BCUT2D eigenvalue weighted by Crippen LogP contribution is 2.53. The number of allylic oxidation sites excluding steroid dienone is 2. The van der Waals surface area contributed by atoms with Gasteiger partial charge in [-0.2, -0.15) is 0 Å². The van der Waals surface area contributed by atoms with Gasteiger partial charge in [-0.15, -0.1) is 0 Å². The second-order valence-electron chi connectivity index (χ2n) is 8.50. The van der Waals surface area contributed by atoms with Crippen LogP contribution in [0.5, 0.6) is 0 Å². The van der Waals surface area contributed by atoms with Crippen LogP contribution < -0.4 is 0 Å². The molecule has 2 heterocycles. The molecule has 2 aliphatic carbocycles. The van der Waals surface area contributed by atoms with Crippen LogP contribution in [0, 0.1) is 23.7 Å². The molecule has 0 aromatic heterocycles. The van der Waals surface area contributed by atoms with Crippen LogP contribution in [0.15, 0.2) is 23.3 Å². The topological polar surface area (TPSA) is 42.0 Å². The standard InChI is InChI=1S/C20H30O3/c1-12(7-10-16-20(2,3)23-16)15-9-8-13-5-4-6-14-11-22-19(21)18(14)17(13)15/h6-7,13,15-19,21H,4-5,8-11H2,1-3H3/b12-7-/t13-,15+,16-,17+,18-,19-/m0/s1. The van der Waals surface area contributed by atoms with E-state index in [1.54, 1.807) is 0 Å². The molecule has 0 amide bonds. The molecular weight excluding hydrogens is 288 g/mol. The molecule has 0 aromatic rings. The van der Waals surface area contributed by atoms with E-state index in [0.29, 0.717) is 24.5 Å². The number of rotatable bonds is 3. The van der Waals surface area contributed by atoms with Gasteiger partial charge < -0.3 is 14.6 Å². The highest BCUT2D eigenvalue weighted by atomic mass is 16.6. The fourth-order valence-electron chi connectivity index (χ4n) is 5.31. The molecule has 4 rings (SSSR count). The smallest absolute Gasteiger partial charge is 0.161 e. The minimum Gasteiger partial charge on any atom is -0.367 e. The number of hydrogen-bond acceptors (Lipinski definition) is 3. The van der Waals surface area contributed by atoms with Gasteiger partial charge in [-0.05, 0) is 76.2 Å². The lowest BCUT2D eigenvalue weighted by molar-refractivity contribution is -0.0981. The van der Waals surface area contributed by atoms with Gasteiger partial charge in [-0.1, -0.05) is 17.7 Å². The lowest BCUT2D eigenvalue weighted by Gasteiger charge is -2.31. The minimum absolute atomic E-state index is 0.0721. The van der Waals surface area contributed by atoms with E-state index in [0.717, 1.165) is 18.8 Å². The number of fused-ring (bicyclic) bond motifs is 3. The summed E-state index contributed by atoms with van der Waals surface area (Å²) < 4.78 is 11.3. The summed E-state index contributed by atoms with van der Waals surface area (Å²) in [6.45, 7) is 7.26. The zero-order valence-corrected chi connectivity index (χ0v) is 14.6. The lowest BCUT2D eigenvalue weighted by atomic mass is 9.74. The van der Waals surface area contributed by atoms with Crippen LogP contribution in [0.4, 0.5) is 0 Å². The minimum atomic E-state index is -0.592. The molecular formula is C20H30O3. The van der Waals surface area contributed by atoms with Crippen LogP contribution in [0.25, 0.3) is 0 Å². The fraction of sp³-hybridized carbons (Fsp3) is 0.800. The van der Waals surface area contributed by atoms with Gasteiger partial charge in [0, 0.05) is 5.92 Å². The van der Waals surface area contributed by atoms with Gasteiger partial charge in [-0.25, -0.2) is 0 Å². The van der Waals surface area contributed by atoms with E-state index in [4.69, 9.17) is 9.47 Å². The lowest BCUT2D eigenvalue weighted by Crippen LogP contribution is -2.31. The average molecular weight is 318 g/mol. The average Bonchev–Trinajstić information content (AvgIpc) is 2.79. The van der Waals surface area contributed by atoms with Crippen molar-refractivity contribution in [3.05, 3.63) is 23.3 Å². The van der Waals surface area contributed by atoms with Gasteiger partial charge in [0.25, 0.3) is 0 Å². The van der Waals surface area contributed by atoms with Crippen LogP contribution >= 0.6 is 0 Å². The zero-order chi connectivity index (χ0) is 16.2. The Morgan fingerprint density at radius 3 is 2.87 bits per heavy atom. The first-order valence-electron chi connectivity index (χ1n) is 9.30. The van der Waals surface area contributed by atoms with Crippen molar-refractivity contribution >= 4 is 0 Å². The molecule has 6 atom stereocenters. The van der Waals surface area contributed by atoms with Gasteiger partial charge in [0.15, 0.2) is 6.29 Å². The summed E-state index contributed by atoms with van der Waals surface area (Å²) in [6.07, 6.45) is 10.6. The first-order chi connectivity index (χ1) is 11.0. The van der Waals surface area contributed by atoms with Crippen LogP contribution in [0.3, 0.4) is 0 Å². The normalized spacial score (nSPS) is 45.2. The molecule has 1 saturated carbocycles. The first-order valence-corrected chi connectivity index (χ1v) is 9.30. The Labute approximate surface area is 139 Å². The summed E-state index contributed by atoms with van der Waals surface area (Å²) in [5.74, 6) is 2.13. The summed E-state index contributed by atoms with van der Waals surface area (Å²) >= 11 is 0. The third-order valence-corrected chi connectivity index (χ3v) is 6.78. The molecule has 0 spiro atoms. The SMILES string of the molecule is C/C(=C/C[C@@H]1OC1(C)C)[C@H]1CC[C@@H]2CCC=C3CO[C@H](O)[C@@H]3[C@H]21. The van der Waals surface area contributed by atoms with Crippen molar-refractivity contribution in [2.45, 2.75) is 70.9 Å². The second kappa shape index (κ2) is 5.72. The molecule has 0 unspecified atom stereocenters. The Kier molecular flexibility index (Phi) is 3.94. The van der Waals surface area contributed by atoms with Crippen LogP contribution in [0.1, 0.15) is 52.9 Å². The van der Waals surface area contributed by atoms with Crippen molar-refractivity contribution in [2.24, 2.45) is 23.7 Å². The van der Waals surface area contributed by atoms with E-state index >= 15 is 0 Å². The van der Waals surface area contributed by atoms with Gasteiger partial charge >= 0.3 is 0 Å². The largest absolute Gasteiger partial charge is 0.367 e. The molecule has 2 saturated heterocycles. The van der Waals surface area contributed by atoms with E-state index in [1.807, 2.05) is 0 Å². The van der Waals surface area contributed by atoms with Crippen molar-refractivity contribution in [1.29, 1.82) is 0 Å². The Balaban J connectivity index is 1.52. The van der Waals surface area contributed by atoms with Crippen molar-refractivity contribution in [3.63, 3.8) is 0 Å². The molecule has 4 aliphatic rings. The number of aliphatic hydroxyl groups excluding tert-OH is 1. The number of ether oxygens (including phenoxy) is 2. The van der Waals surface area contributed by atoms with E-state index in [2.05, 4.69) is 32.9 Å². The quantitative estimate of drug-likeness (QED) is 0.635. The monoisotopic (exact) mass is 318 g/mol. The Hall–Kier alpha value is -0.640. The maximum atomic E-state index is 10.4. The predicted octanol–water partition coefficient (Wildman–Crippen LogP) is 3.83. The Bertz CT molecular complexity index is 533. The Morgan fingerprint density at radius 1 is 1.35 bits per heavy atom. The molecule has 23 heavy (non-hydrogen) atoms. The second-order valence-corrected chi connectivity index (χ2v) is 8.50. The molecule has 3 fully saturated rings. The van der Waals surface area contributed by atoms with Crippen LogP contribution in [-0.4, -0.2) is 29.7 Å². The summed E-state index contributed by atoms with van der Waals surface area (Å²) in [5, 5.41) is 10.4. The molecule has 0 bridgehead atoms. The molecule has 3 heteroatoms. The highest BCUT2D eigenvalue weighted by molar-refractivity contribution is 5.21. The highest BCUT2D eigenvalue weighted by Gasteiger charge is 2.49. The summed E-state index contributed by atoms with van der Waals surface area (Å²) in [6, 6.07) is 0. The van der Waals surface area contributed by atoms with Crippen molar-refractivity contribution in [1.82, 2.24) is 0 Å². The van der Waals surface area contributed by atoms with E-state index in [9.17, 15) is 5.11 Å². The predicted molar refractivity (Wildman–Crippen MR) is 89.8 cm³/mol. The van der Waals surface area contributed by atoms with E-state index < -0.39 is 6.29 Å². The van der Waals surface area contributed by atoms with Gasteiger partial charge in [-0.3, -0.25) is 0 Å². The molecule has 1 N–H and O–H groups in total. The number of hydrogen-bond donors (Lipinski definition) is 1. The molecule has 0 aromatic carbocycles. The molecule has 0 radical (unpaired) electrons. The third-order valence-electron chi connectivity index (χ3n) is 6.78. The van der Waals surface area contributed by atoms with Crippen molar-refractivity contribution in [2.75, 3.05) is 6.61 Å². The Morgan fingerprint density at radius 2 is 2.13 bits per heavy atom. The number of epoxide rings is 1. The first kappa shape index (κ1) is 15.9. The number of aliphatic hydroxyl groups is 1.